The number of nitrogens with one attached hydrogen (secondary N) is 2. The summed E-state index contributed by atoms with van der Waals surface area (Å²) in [6, 6.07) is 11.4. The number of amides is 1. The van der Waals surface area contributed by atoms with Gasteiger partial charge in [-0.25, -0.2) is 0 Å². The van der Waals surface area contributed by atoms with E-state index in [1.54, 1.807) is 19.4 Å². The SMILES string of the molecule is CCNC(=O)c1cc(NCc2ccc(OC)cc2)ccn1. The maximum atomic E-state index is 11.7. The standard InChI is InChI=1S/C16H19N3O2/c1-3-17-16(20)15-10-13(8-9-18-15)19-11-12-4-6-14(21-2)7-5-12/h4-10H,3,11H2,1-2H3,(H,17,20)(H,18,19). The van der Waals surface area contributed by atoms with E-state index < -0.39 is 0 Å². The fourth-order valence-corrected chi connectivity index (χ4v) is 1.86. The number of carbonyl (C=O) groups is 1. The molecule has 0 spiro atoms. The first-order valence-electron chi connectivity index (χ1n) is 6.84. The molecule has 0 saturated heterocycles. The second-order valence-electron chi connectivity index (χ2n) is 4.49. The number of benzene rings is 1. The Hall–Kier alpha value is -2.56. The van der Waals surface area contributed by atoms with Gasteiger partial charge in [-0.15, -0.1) is 0 Å². The number of methoxy groups -OCH3 is 1. The minimum Gasteiger partial charge on any atom is -0.497 e. The summed E-state index contributed by atoms with van der Waals surface area (Å²) in [6.45, 7) is 3.14. The first kappa shape index (κ1) is 14.8. The molecule has 2 aromatic rings. The van der Waals surface area contributed by atoms with Gasteiger partial charge in [-0.2, -0.15) is 0 Å². The van der Waals surface area contributed by atoms with Crippen molar-refractivity contribution in [2.24, 2.45) is 0 Å². The lowest BCUT2D eigenvalue weighted by Crippen LogP contribution is -2.23. The molecular weight excluding hydrogens is 266 g/mol. The van der Waals surface area contributed by atoms with Crippen molar-refractivity contribution in [1.82, 2.24) is 10.3 Å². The van der Waals surface area contributed by atoms with Crippen LogP contribution in [-0.2, 0) is 6.54 Å². The highest BCUT2D eigenvalue weighted by molar-refractivity contribution is 5.93. The maximum Gasteiger partial charge on any atom is 0.269 e. The first-order valence-corrected chi connectivity index (χ1v) is 6.84. The van der Waals surface area contributed by atoms with Gasteiger partial charge in [0, 0.05) is 25.0 Å². The Morgan fingerprint density at radius 2 is 2.00 bits per heavy atom. The second-order valence-corrected chi connectivity index (χ2v) is 4.49. The van der Waals surface area contributed by atoms with E-state index in [-0.39, 0.29) is 5.91 Å². The third-order valence-electron chi connectivity index (χ3n) is 2.99. The highest BCUT2D eigenvalue weighted by Gasteiger charge is 2.06. The highest BCUT2D eigenvalue weighted by atomic mass is 16.5. The molecule has 0 aliphatic carbocycles. The molecule has 1 amide bonds. The smallest absolute Gasteiger partial charge is 0.269 e. The Bertz CT molecular complexity index is 597. The molecule has 0 atom stereocenters. The number of hydrogen-bond donors (Lipinski definition) is 2. The number of nitrogens with zero attached hydrogens (tertiary/aromatic N) is 1. The van der Waals surface area contributed by atoms with Gasteiger partial charge in [-0.05, 0) is 36.8 Å². The summed E-state index contributed by atoms with van der Waals surface area (Å²) >= 11 is 0. The first-order chi connectivity index (χ1) is 10.2. The zero-order chi connectivity index (χ0) is 15.1. The van der Waals surface area contributed by atoms with Gasteiger partial charge < -0.3 is 15.4 Å². The molecule has 5 heteroatoms. The maximum absolute atomic E-state index is 11.7. The fraction of sp³-hybridized carbons (Fsp3) is 0.250. The van der Waals surface area contributed by atoms with Crippen LogP contribution in [0.5, 0.6) is 5.75 Å². The van der Waals surface area contributed by atoms with Crippen molar-refractivity contribution >= 4 is 11.6 Å². The summed E-state index contributed by atoms with van der Waals surface area (Å²) in [5.41, 5.74) is 2.41. The lowest BCUT2D eigenvalue weighted by molar-refractivity contribution is 0.0951. The van der Waals surface area contributed by atoms with Crippen LogP contribution in [0.25, 0.3) is 0 Å². The molecule has 110 valence electrons. The zero-order valence-corrected chi connectivity index (χ0v) is 12.2. The normalized spacial score (nSPS) is 10.0. The van der Waals surface area contributed by atoms with Crippen LogP contribution >= 0.6 is 0 Å². The number of anilines is 1. The Kier molecular flexibility index (Phi) is 5.15. The lowest BCUT2D eigenvalue weighted by atomic mass is 10.2. The monoisotopic (exact) mass is 285 g/mol. The van der Waals surface area contributed by atoms with Crippen LogP contribution in [0.4, 0.5) is 5.69 Å². The van der Waals surface area contributed by atoms with Crippen molar-refractivity contribution < 1.29 is 9.53 Å². The van der Waals surface area contributed by atoms with E-state index in [1.807, 2.05) is 37.3 Å². The number of rotatable bonds is 6. The molecule has 1 heterocycles. The molecule has 0 radical (unpaired) electrons. The molecule has 0 saturated carbocycles. The van der Waals surface area contributed by atoms with Crippen LogP contribution in [0, 0.1) is 0 Å². The molecule has 0 aliphatic rings. The Balaban J connectivity index is 1.99. The molecule has 2 rings (SSSR count). The number of aromatic nitrogens is 1. The molecule has 21 heavy (non-hydrogen) atoms. The lowest BCUT2D eigenvalue weighted by Gasteiger charge is -2.08. The highest BCUT2D eigenvalue weighted by Crippen LogP contribution is 2.14. The predicted octanol–water partition coefficient (Wildman–Crippen LogP) is 2.45. The van der Waals surface area contributed by atoms with Crippen molar-refractivity contribution in [3.63, 3.8) is 0 Å². The average molecular weight is 285 g/mol. The van der Waals surface area contributed by atoms with E-state index in [2.05, 4.69) is 15.6 Å². The van der Waals surface area contributed by atoms with E-state index in [9.17, 15) is 4.79 Å². The summed E-state index contributed by atoms with van der Waals surface area (Å²) in [5, 5.41) is 6.01. The van der Waals surface area contributed by atoms with Crippen LogP contribution < -0.4 is 15.4 Å². The molecule has 2 N–H and O–H groups in total. The average Bonchev–Trinajstić information content (AvgIpc) is 2.54. The van der Waals surface area contributed by atoms with Gasteiger partial charge >= 0.3 is 0 Å². The number of pyridine rings is 1. The summed E-state index contributed by atoms with van der Waals surface area (Å²) in [7, 11) is 1.65. The van der Waals surface area contributed by atoms with E-state index in [1.165, 1.54) is 0 Å². The van der Waals surface area contributed by atoms with Crippen LogP contribution in [-0.4, -0.2) is 24.5 Å². The van der Waals surface area contributed by atoms with Gasteiger partial charge in [0.2, 0.25) is 0 Å². The summed E-state index contributed by atoms with van der Waals surface area (Å²) in [5.74, 6) is 0.673. The van der Waals surface area contributed by atoms with Crippen molar-refractivity contribution in [3.8, 4) is 5.75 Å². The van der Waals surface area contributed by atoms with Crippen LogP contribution in [0.2, 0.25) is 0 Å². The molecule has 0 fully saturated rings. The molecule has 1 aromatic carbocycles. The Morgan fingerprint density at radius 1 is 1.24 bits per heavy atom. The van der Waals surface area contributed by atoms with Crippen molar-refractivity contribution in [1.29, 1.82) is 0 Å². The summed E-state index contributed by atoms with van der Waals surface area (Å²) in [6.07, 6.45) is 1.63. The largest absolute Gasteiger partial charge is 0.497 e. The van der Waals surface area contributed by atoms with E-state index in [0.29, 0.717) is 18.8 Å². The quantitative estimate of drug-likeness (QED) is 0.855. The molecule has 1 aromatic heterocycles. The molecule has 5 nitrogen and oxygen atoms in total. The number of hydrogen-bond acceptors (Lipinski definition) is 4. The van der Waals surface area contributed by atoms with Gasteiger partial charge in [-0.3, -0.25) is 9.78 Å². The van der Waals surface area contributed by atoms with Gasteiger partial charge in [0.15, 0.2) is 0 Å². The van der Waals surface area contributed by atoms with Gasteiger partial charge in [0.05, 0.1) is 7.11 Å². The minimum atomic E-state index is -0.161. The summed E-state index contributed by atoms with van der Waals surface area (Å²) < 4.78 is 5.12. The Morgan fingerprint density at radius 3 is 2.67 bits per heavy atom. The summed E-state index contributed by atoms with van der Waals surface area (Å²) in [4.78, 5) is 15.8. The van der Waals surface area contributed by atoms with Crippen molar-refractivity contribution in [2.45, 2.75) is 13.5 Å². The van der Waals surface area contributed by atoms with Crippen LogP contribution in [0.1, 0.15) is 23.0 Å². The van der Waals surface area contributed by atoms with Gasteiger partial charge in [-0.1, -0.05) is 12.1 Å². The Labute approximate surface area is 124 Å². The van der Waals surface area contributed by atoms with Crippen molar-refractivity contribution in [3.05, 3.63) is 53.9 Å². The van der Waals surface area contributed by atoms with E-state index in [4.69, 9.17) is 4.74 Å². The molecule has 0 bridgehead atoms. The zero-order valence-electron chi connectivity index (χ0n) is 12.2. The number of ether oxygens (including phenoxy) is 1. The van der Waals surface area contributed by atoms with Gasteiger partial charge in [0.25, 0.3) is 5.91 Å². The fourth-order valence-electron chi connectivity index (χ4n) is 1.86. The predicted molar refractivity (Wildman–Crippen MR) is 82.6 cm³/mol. The molecular formula is C16H19N3O2. The van der Waals surface area contributed by atoms with E-state index in [0.717, 1.165) is 17.0 Å². The topological polar surface area (TPSA) is 63.2 Å². The third-order valence-corrected chi connectivity index (χ3v) is 2.99. The van der Waals surface area contributed by atoms with Gasteiger partial charge in [0.1, 0.15) is 11.4 Å². The van der Waals surface area contributed by atoms with Crippen LogP contribution in [0.15, 0.2) is 42.6 Å². The van der Waals surface area contributed by atoms with Crippen LogP contribution in [0.3, 0.4) is 0 Å². The molecule has 0 unspecified atom stereocenters. The third kappa shape index (κ3) is 4.21. The van der Waals surface area contributed by atoms with E-state index >= 15 is 0 Å². The molecule has 0 aliphatic heterocycles. The minimum absolute atomic E-state index is 0.161. The number of carbonyl (C=O) groups excluding carboxylic acids is 1. The van der Waals surface area contributed by atoms with Crippen molar-refractivity contribution in [2.75, 3.05) is 19.0 Å². The second kappa shape index (κ2) is 7.28.